The molecule has 0 aliphatic carbocycles. The molecule has 3 aliphatic rings. The number of piperidine rings is 1. The maximum atomic E-state index is 13.9. The Labute approximate surface area is 192 Å². The smallest absolute Gasteiger partial charge is 0.244 e. The molecule has 0 bridgehead atoms. The highest BCUT2D eigenvalue weighted by Gasteiger charge is 2.68. The Bertz CT molecular complexity index is 1100. The van der Waals surface area contributed by atoms with Gasteiger partial charge in [0, 0.05) is 25.7 Å². The highest BCUT2D eigenvalue weighted by atomic mass is 19.1. The molecule has 1 N–H and O–H groups in total. The van der Waals surface area contributed by atoms with Gasteiger partial charge in [-0.25, -0.2) is 4.39 Å². The second kappa shape index (κ2) is 8.06. The van der Waals surface area contributed by atoms with Crippen LogP contribution in [0.1, 0.15) is 42.5 Å². The number of amides is 3. The van der Waals surface area contributed by atoms with Gasteiger partial charge in [0.05, 0.1) is 11.8 Å². The molecule has 0 saturated carbocycles. The summed E-state index contributed by atoms with van der Waals surface area (Å²) in [6.45, 7) is 4.99. The monoisotopic (exact) mass is 449 g/mol. The molecule has 5 rings (SSSR count). The number of nitrogens with zero attached hydrogens (tertiary/aromatic N) is 2. The number of hydrogen-bond donors (Lipinski definition) is 1. The second-order valence-corrected chi connectivity index (χ2v) is 9.38. The van der Waals surface area contributed by atoms with Gasteiger partial charge in [0.15, 0.2) is 0 Å². The number of carbonyl (C=O) groups is 3. The molecule has 3 heterocycles. The van der Waals surface area contributed by atoms with Crippen LogP contribution in [0.2, 0.25) is 0 Å². The molecule has 33 heavy (non-hydrogen) atoms. The summed E-state index contributed by atoms with van der Waals surface area (Å²) >= 11 is 0. The number of hydrogen-bond acceptors (Lipinski definition) is 4. The van der Waals surface area contributed by atoms with Crippen LogP contribution >= 0.6 is 0 Å². The van der Waals surface area contributed by atoms with Gasteiger partial charge in [-0.1, -0.05) is 42.0 Å². The van der Waals surface area contributed by atoms with Crippen molar-refractivity contribution >= 4 is 17.7 Å². The largest absolute Gasteiger partial charge is 0.337 e. The van der Waals surface area contributed by atoms with Crippen LogP contribution in [-0.4, -0.2) is 46.1 Å². The van der Waals surface area contributed by atoms with E-state index in [-0.39, 0.29) is 23.5 Å². The normalized spacial score (nSPS) is 29.3. The van der Waals surface area contributed by atoms with E-state index in [1.54, 1.807) is 24.0 Å². The molecule has 172 valence electrons. The number of aryl methyl sites for hydroxylation is 1. The van der Waals surface area contributed by atoms with E-state index in [0.29, 0.717) is 26.1 Å². The molecule has 0 radical (unpaired) electrons. The van der Waals surface area contributed by atoms with Crippen molar-refractivity contribution in [1.29, 1.82) is 0 Å². The fourth-order valence-corrected chi connectivity index (χ4v) is 5.86. The lowest BCUT2D eigenvalue weighted by atomic mass is 9.74. The molecule has 0 unspecified atom stereocenters. The van der Waals surface area contributed by atoms with Gasteiger partial charge in [0.2, 0.25) is 17.7 Å². The molecule has 2 aromatic rings. The van der Waals surface area contributed by atoms with Gasteiger partial charge in [0.1, 0.15) is 11.4 Å². The van der Waals surface area contributed by atoms with Crippen molar-refractivity contribution in [3.63, 3.8) is 0 Å². The van der Waals surface area contributed by atoms with E-state index in [4.69, 9.17) is 0 Å². The quantitative estimate of drug-likeness (QED) is 0.729. The number of benzene rings is 2. The van der Waals surface area contributed by atoms with E-state index in [9.17, 15) is 18.8 Å². The average molecular weight is 450 g/mol. The molecule has 7 heteroatoms. The highest BCUT2D eigenvalue weighted by Crippen LogP contribution is 2.52. The minimum atomic E-state index is -1.12. The maximum absolute atomic E-state index is 13.9. The topological polar surface area (TPSA) is 69.7 Å². The second-order valence-electron chi connectivity index (χ2n) is 9.38. The van der Waals surface area contributed by atoms with Crippen molar-refractivity contribution in [3.05, 3.63) is 71.0 Å². The van der Waals surface area contributed by atoms with E-state index >= 15 is 0 Å². The molecular formula is C26H28FN3O3. The Hall–Kier alpha value is -3.06. The fourth-order valence-electron chi connectivity index (χ4n) is 5.86. The van der Waals surface area contributed by atoms with Crippen LogP contribution in [0.5, 0.6) is 0 Å². The maximum Gasteiger partial charge on any atom is 0.244 e. The van der Waals surface area contributed by atoms with Crippen molar-refractivity contribution in [1.82, 2.24) is 15.1 Å². The Morgan fingerprint density at radius 3 is 2.39 bits per heavy atom. The van der Waals surface area contributed by atoms with Gasteiger partial charge in [-0.15, -0.1) is 0 Å². The summed E-state index contributed by atoms with van der Waals surface area (Å²) in [5, 5.41) is 3.50. The summed E-state index contributed by atoms with van der Waals surface area (Å²) in [6.07, 6.45) is 1.23. The summed E-state index contributed by atoms with van der Waals surface area (Å²) < 4.78 is 13.3. The number of nitrogens with one attached hydrogen (secondary N) is 1. The van der Waals surface area contributed by atoms with Gasteiger partial charge in [-0.2, -0.15) is 0 Å². The van der Waals surface area contributed by atoms with Crippen molar-refractivity contribution < 1.29 is 18.8 Å². The molecule has 3 fully saturated rings. The predicted molar refractivity (Wildman–Crippen MR) is 120 cm³/mol. The third kappa shape index (κ3) is 3.37. The van der Waals surface area contributed by atoms with Crippen LogP contribution in [0.3, 0.4) is 0 Å². The van der Waals surface area contributed by atoms with Crippen molar-refractivity contribution in [3.8, 4) is 0 Å². The molecule has 2 aromatic carbocycles. The van der Waals surface area contributed by atoms with Crippen LogP contribution in [0.15, 0.2) is 48.5 Å². The van der Waals surface area contributed by atoms with E-state index < -0.39 is 23.4 Å². The van der Waals surface area contributed by atoms with Gasteiger partial charge in [0.25, 0.3) is 0 Å². The zero-order chi connectivity index (χ0) is 23.3. The lowest BCUT2D eigenvalue weighted by molar-refractivity contribution is -0.150. The third-order valence-electron chi connectivity index (χ3n) is 7.45. The third-order valence-corrected chi connectivity index (χ3v) is 7.45. The lowest BCUT2D eigenvalue weighted by Crippen LogP contribution is -2.63. The van der Waals surface area contributed by atoms with Crippen LogP contribution in [0, 0.1) is 24.6 Å². The van der Waals surface area contributed by atoms with Gasteiger partial charge in [-0.05, 0) is 49.9 Å². The van der Waals surface area contributed by atoms with Crippen LogP contribution in [0.4, 0.5) is 4.39 Å². The SMILES string of the molecule is CCN1C(=O)[C@H]2[C@@H](c3ccc(C)cc3)N[C@]3(CCCN(Cc4ccc(F)cc4)C3=O)[C@H]2C1=O. The highest BCUT2D eigenvalue weighted by molar-refractivity contribution is 6.10. The number of halogens is 1. The summed E-state index contributed by atoms with van der Waals surface area (Å²) in [5.41, 5.74) is 1.73. The van der Waals surface area contributed by atoms with Crippen molar-refractivity contribution in [2.75, 3.05) is 13.1 Å². The molecular weight excluding hydrogens is 421 g/mol. The van der Waals surface area contributed by atoms with Crippen LogP contribution < -0.4 is 5.32 Å². The molecule has 0 aromatic heterocycles. The Kier molecular flexibility index (Phi) is 5.32. The zero-order valence-corrected chi connectivity index (χ0v) is 18.9. The summed E-state index contributed by atoms with van der Waals surface area (Å²) in [7, 11) is 0. The average Bonchev–Trinajstić information content (AvgIpc) is 3.27. The Balaban J connectivity index is 1.53. The van der Waals surface area contributed by atoms with Crippen LogP contribution in [-0.2, 0) is 20.9 Å². The lowest BCUT2D eigenvalue weighted by Gasteiger charge is -2.42. The van der Waals surface area contributed by atoms with Crippen LogP contribution in [0.25, 0.3) is 0 Å². The van der Waals surface area contributed by atoms with E-state index in [1.165, 1.54) is 17.0 Å². The number of imide groups is 1. The summed E-state index contributed by atoms with van der Waals surface area (Å²) in [4.78, 5) is 43.8. The minimum absolute atomic E-state index is 0.151. The first-order valence-corrected chi connectivity index (χ1v) is 11.6. The molecule has 3 aliphatic heterocycles. The first kappa shape index (κ1) is 21.8. The fraction of sp³-hybridized carbons (Fsp3) is 0.423. The number of fused-ring (bicyclic) bond motifs is 2. The van der Waals surface area contributed by atoms with E-state index in [0.717, 1.165) is 23.1 Å². The van der Waals surface area contributed by atoms with Gasteiger partial charge in [-0.3, -0.25) is 24.6 Å². The predicted octanol–water partition coefficient (Wildman–Crippen LogP) is 2.96. The Morgan fingerprint density at radius 1 is 1.03 bits per heavy atom. The Morgan fingerprint density at radius 2 is 1.73 bits per heavy atom. The number of likely N-dealkylation sites (tertiary alicyclic amines) is 2. The molecule has 3 amide bonds. The minimum Gasteiger partial charge on any atom is -0.337 e. The van der Waals surface area contributed by atoms with Crippen molar-refractivity contribution in [2.45, 2.75) is 44.8 Å². The molecule has 3 saturated heterocycles. The summed E-state index contributed by atoms with van der Waals surface area (Å²) in [6, 6.07) is 13.6. The van der Waals surface area contributed by atoms with Crippen molar-refractivity contribution in [2.24, 2.45) is 11.8 Å². The standard InChI is InChI=1S/C26H28FN3O3/c1-3-30-23(31)20-21(24(30)32)26(28-22(20)18-9-5-16(2)6-10-18)13-4-14-29(25(26)33)15-17-7-11-19(27)12-8-17/h5-12,20-22,28H,3-4,13-15H2,1-2H3/t20-,21-,22-,26-/m1/s1. The van der Waals surface area contributed by atoms with E-state index in [2.05, 4.69) is 5.32 Å². The number of rotatable bonds is 4. The molecule has 4 atom stereocenters. The summed E-state index contributed by atoms with van der Waals surface area (Å²) in [5.74, 6) is -2.26. The van der Waals surface area contributed by atoms with Gasteiger partial charge >= 0.3 is 0 Å². The van der Waals surface area contributed by atoms with Gasteiger partial charge < -0.3 is 4.90 Å². The molecule has 6 nitrogen and oxygen atoms in total. The first-order chi connectivity index (χ1) is 15.9. The number of carbonyl (C=O) groups excluding carboxylic acids is 3. The van der Waals surface area contributed by atoms with E-state index in [1.807, 2.05) is 31.2 Å². The molecule has 1 spiro atoms. The zero-order valence-electron chi connectivity index (χ0n) is 18.9. The first-order valence-electron chi connectivity index (χ1n) is 11.6.